The van der Waals surface area contributed by atoms with E-state index in [0.29, 0.717) is 88.5 Å². The third kappa shape index (κ3) is 27.8. The predicted octanol–water partition coefficient (Wildman–Crippen LogP) is 33.4. The zero-order valence-electron chi connectivity index (χ0n) is 85.5. The van der Waals surface area contributed by atoms with Gasteiger partial charge in [0.15, 0.2) is 40.2 Å². The van der Waals surface area contributed by atoms with Crippen LogP contribution in [0.15, 0.2) is 289 Å². The summed E-state index contributed by atoms with van der Waals surface area (Å²) in [5.41, 5.74) is 0. The molecule has 0 amide bonds. The highest BCUT2D eigenvalue weighted by Gasteiger charge is 2.40. The molecule has 0 unspecified atom stereocenters. The summed E-state index contributed by atoms with van der Waals surface area (Å²) in [4.78, 5) is 10.5. The number of rotatable bonds is 24. The van der Waals surface area contributed by atoms with Crippen molar-refractivity contribution >= 4 is 152 Å². The average Bonchev–Trinajstić information content (AvgIpc) is 1.44. The van der Waals surface area contributed by atoms with Gasteiger partial charge in [0.1, 0.15) is 80.5 Å². The molecule has 2 saturated carbocycles. The number of benzene rings is 14. The molecule has 0 spiro atoms. The van der Waals surface area contributed by atoms with Gasteiger partial charge in [0.05, 0.1) is 45.7 Å². The van der Waals surface area contributed by atoms with E-state index in [1.54, 1.807) is 7.11 Å². The molecule has 0 radical (unpaired) electrons. The molecular formula is C127H159O7S7+7. The van der Waals surface area contributed by atoms with Crippen LogP contribution >= 0.6 is 0 Å². The van der Waals surface area contributed by atoms with Gasteiger partial charge in [0, 0.05) is 114 Å². The average molecular weight is 2020 g/mol. The quantitative estimate of drug-likeness (QED) is 0.0441. The molecule has 14 aromatic carbocycles. The predicted molar refractivity (Wildman–Crippen MR) is 623 cm³/mol. The first-order valence-corrected chi connectivity index (χ1v) is 65.5. The van der Waals surface area contributed by atoms with Gasteiger partial charge in [-0.2, -0.15) is 0 Å². The van der Waals surface area contributed by atoms with Crippen LogP contribution in [-0.4, -0.2) is 126 Å². The standard InChI is InChI=1S/C21H27OS.C20H25OS.C19H25OS.C18H23OS.C17H21OS.2C16H19OS/c1-3-10-18(11-4-1)22-20-14-13-17-9-5-6-12-19(17)21(20)23-15-7-2-8-16-23;1-2-9-17(10-3-1)21-19-13-12-16-8-4-5-11-18(16)20(19)22-14-6-7-15-22;1-2-3-13-20-18-12-11-16-9-5-6-10-17(16)19(18)21-14-7-4-8-15-21;1-2-3-12-19-17-11-10-15-8-4-5-9-16(15)18(17)20-13-6-7-14-20;1-2-18-16-11-10-14-8-4-5-9-15(14)17(16)19-12-6-3-7-13-19;1-17-15-10-9-13-7-3-4-8-14(13)16(15)18-11-5-2-6-12-18;1-2-17-15-10-9-13-7-3-4-8-14(13)16(15)18-11-5-6-12-18/h5-6,9,12-14,18H,1-4,7-8,10-11,15-16H2;4-5,8,11-13,17H,1-3,6-7,9-10,14-15H2;5-6,9-12H,2-4,7-8,13-15H2,1H3;4-5,8-11H,2-3,6-7,12-14H2,1H3;4-5,8-11H,2-3,6-7,12-13H2,1H3;2*3-4,7-10H,2,5-6,11-12H2,1H3/q7*+1. The highest BCUT2D eigenvalue weighted by Crippen LogP contribution is 2.46. The van der Waals surface area contributed by atoms with Crippen molar-refractivity contribution in [3.63, 3.8) is 0 Å². The number of ether oxygens (including phenoxy) is 7. The van der Waals surface area contributed by atoms with Gasteiger partial charge in [0.2, 0.25) is 34.3 Å². The fourth-order valence-electron chi connectivity index (χ4n) is 21.9. The fourth-order valence-corrected chi connectivity index (χ4v) is 40.2. The highest BCUT2D eigenvalue weighted by atomic mass is 32.2. The van der Waals surface area contributed by atoms with Gasteiger partial charge < -0.3 is 33.2 Å². The van der Waals surface area contributed by atoms with Crippen LogP contribution in [0.25, 0.3) is 75.4 Å². The van der Waals surface area contributed by atoms with Crippen LogP contribution in [0.2, 0.25) is 0 Å². The summed E-state index contributed by atoms with van der Waals surface area (Å²) >= 11 is 0. The minimum Gasteiger partial charge on any atom is -0.492 e. The van der Waals surface area contributed by atoms with Crippen LogP contribution in [-0.2, 0) is 76.3 Å². The van der Waals surface area contributed by atoms with E-state index in [9.17, 15) is 0 Å². The zero-order chi connectivity index (χ0) is 96.4. The van der Waals surface area contributed by atoms with Crippen LogP contribution in [0, 0.1) is 0 Å². The van der Waals surface area contributed by atoms with E-state index in [1.165, 1.54) is 394 Å². The minimum absolute atomic E-state index is 0.375. The van der Waals surface area contributed by atoms with E-state index in [4.69, 9.17) is 33.2 Å². The molecule has 7 aliphatic heterocycles. The third-order valence-electron chi connectivity index (χ3n) is 29.2. The van der Waals surface area contributed by atoms with Crippen molar-refractivity contribution in [2.24, 2.45) is 0 Å². The third-order valence-corrected chi connectivity index (χ3v) is 47.1. The van der Waals surface area contributed by atoms with Crippen LogP contribution in [0.4, 0.5) is 0 Å². The summed E-state index contributed by atoms with van der Waals surface area (Å²) in [6.07, 6.45) is 43.5. The Kier molecular flexibility index (Phi) is 41.1. The van der Waals surface area contributed by atoms with Crippen molar-refractivity contribution in [1.82, 2.24) is 0 Å². The highest BCUT2D eigenvalue weighted by molar-refractivity contribution is 7.99. The van der Waals surface area contributed by atoms with Gasteiger partial charge in [-0.05, 0) is 316 Å². The van der Waals surface area contributed by atoms with E-state index >= 15 is 0 Å². The molecule has 0 N–H and O–H groups in total. The van der Waals surface area contributed by atoms with Crippen molar-refractivity contribution in [1.29, 1.82) is 0 Å². The molecule has 7 heterocycles. The molecule has 7 saturated heterocycles. The number of fused-ring (bicyclic) bond motifs is 7. The first-order chi connectivity index (χ1) is 69.8. The van der Waals surface area contributed by atoms with E-state index in [-0.39, 0.29) is 0 Å². The molecule has 14 aromatic rings. The second kappa shape index (κ2) is 55.5. The summed E-state index contributed by atoms with van der Waals surface area (Å²) in [5.74, 6) is 26.8. The lowest BCUT2D eigenvalue weighted by Gasteiger charge is -2.25. The van der Waals surface area contributed by atoms with E-state index in [2.05, 4.69) is 282 Å². The Morgan fingerprint density at radius 2 is 0.383 bits per heavy atom. The van der Waals surface area contributed by atoms with Gasteiger partial charge in [0.25, 0.3) is 0 Å². The number of hydrogen-bond acceptors (Lipinski definition) is 7. The van der Waals surface area contributed by atoms with Gasteiger partial charge >= 0.3 is 0 Å². The summed E-state index contributed by atoms with van der Waals surface area (Å²) < 4.78 is 42.7. The molecule has 23 rings (SSSR count). The Hall–Kier alpha value is -8.05. The molecule has 9 aliphatic rings. The Balaban J connectivity index is 0.000000113. The molecule has 7 nitrogen and oxygen atoms in total. The maximum atomic E-state index is 6.55. The Morgan fingerprint density at radius 1 is 0.199 bits per heavy atom. The fraction of sp³-hybridized carbons (Fsp3) is 0.449. The van der Waals surface area contributed by atoms with Crippen molar-refractivity contribution < 1.29 is 33.2 Å². The largest absolute Gasteiger partial charge is 0.492 e. The van der Waals surface area contributed by atoms with Crippen LogP contribution in [0.5, 0.6) is 40.2 Å². The summed E-state index contributed by atoms with van der Waals surface area (Å²) in [5, 5.41) is 19.4. The Morgan fingerprint density at radius 3 is 0.603 bits per heavy atom. The molecule has 14 heteroatoms. The van der Waals surface area contributed by atoms with Gasteiger partial charge in [-0.25, -0.2) is 0 Å². The molecule has 2 aliphatic carbocycles. The Labute approximate surface area is 866 Å². The summed E-state index contributed by atoms with van der Waals surface area (Å²) in [7, 11) is 4.49. The van der Waals surface area contributed by atoms with Gasteiger partial charge in [-0.3, -0.25) is 0 Å². The van der Waals surface area contributed by atoms with Gasteiger partial charge in [-0.1, -0.05) is 209 Å². The van der Waals surface area contributed by atoms with Crippen molar-refractivity contribution in [2.45, 2.75) is 280 Å². The first-order valence-electron chi connectivity index (χ1n) is 54.6. The summed E-state index contributed by atoms with van der Waals surface area (Å²) in [6.45, 7) is 11.8. The lowest BCUT2D eigenvalue weighted by Crippen LogP contribution is -2.23. The topological polar surface area (TPSA) is 64.6 Å². The first kappa shape index (κ1) is 104. The smallest absolute Gasteiger partial charge is 0.204 e. The van der Waals surface area contributed by atoms with E-state index in [0.717, 1.165) is 68.0 Å². The lowest BCUT2D eigenvalue weighted by atomic mass is 9.98. The monoisotopic (exact) mass is 2020 g/mol. The van der Waals surface area contributed by atoms with Crippen LogP contribution < -0.4 is 33.2 Å². The normalized spacial score (nSPS) is 17.7. The lowest BCUT2D eigenvalue weighted by molar-refractivity contribution is 0.151. The van der Waals surface area contributed by atoms with Crippen LogP contribution in [0.1, 0.15) is 233 Å². The molecular weight excluding hydrogens is 1860 g/mol. The summed E-state index contributed by atoms with van der Waals surface area (Å²) in [6, 6.07) is 92.3. The van der Waals surface area contributed by atoms with E-state index in [1.807, 2.05) is 0 Å². The van der Waals surface area contributed by atoms with Gasteiger partial charge in [-0.15, -0.1) is 0 Å². The van der Waals surface area contributed by atoms with E-state index < -0.39 is 0 Å². The van der Waals surface area contributed by atoms with Crippen molar-refractivity contribution in [3.8, 4) is 40.2 Å². The molecule has 0 aromatic heterocycles. The molecule has 0 atom stereocenters. The molecule has 0 bridgehead atoms. The SMILES string of the molecule is CCCCOc1ccc2ccccc2c1[S+]1CCCC1.CCCCOc1ccc2ccccc2c1[S+]1CCCCC1.CCOc1ccc2ccccc2c1[S+]1CCCC1.CCOc1ccc2ccccc2c1[S+]1CCCCC1.COc1ccc2ccccc2c1[S+]1CCCCC1.c1ccc2c([S+]3CCCC3)c(OC3CCCCC3)ccc2c1.c1ccc2c([S+]3CCCCC3)c(OC3CCCCC3)ccc2c1. The second-order valence-electron chi connectivity index (χ2n) is 39.2. The zero-order valence-corrected chi connectivity index (χ0v) is 91.2. The maximum Gasteiger partial charge on any atom is 0.204 e. The molecule has 9 fully saturated rings. The van der Waals surface area contributed by atoms with Crippen molar-refractivity contribution in [3.05, 3.63) is 255 Å². The number of unbranched alkanes of at least 4 members (excludes halogenated alkanes) is 2. The Bertz CT molecular complexity index is 6200. The molecule has 744 valence electrons. The number of methoxy groups -OCH3 is 1. The number of hydrogen-bond donors (Lipinski definition) is 0. The van der Waals surface area contributed by atoms with Crippen molar-refractivity contribution in [2.75, 3.05) is 114 Å². The second-order valence-corrected chi connectivity index (χ2v) is 54.7. The van der Waals surface area contributed by atoms with Crippen LogP contribution in [0.3, 0.4) is 0 Å². The minimum atomic E-state index is 0.375. The maximum absolute atomic E-state index is 6.55. The molecule has 141 heavy (non-hydrogen) atoms.